The number of aromatic amines is 1. The van der Waals surface area contributed by atoms with Gasteiger partial charge in [-0.3, -0.25) is 10.1 Å². The van der Waals surface area contributed by atoms with Crippen molar-refractivity contribution in [3.63, 3.8) is 0 Å². The van der Waals surface area contributed by atoms with Crippen molar-refractivity contribution >= 4 is 22.9 Å². The molecular formula is C19H26N4O. The van der Waals surface area contributed by atoms with Gasteiger partial charge in [-0.1, -0.05) is 38.2 Å². The molecule has 1 heterocycles. The van der Waals surface area contributed by atoms with Gasteiger partial charge in [0.15, 0.2) is 0 Å². The number of rotatable bonds is 4. The molecule has 0 radical (unpaired) electrons. The Labute approximate surface area is 142 Å². The number of fused-ring (bicyclic) bond motifs is 1. The normalized spacial score (nSPS) is 16.9. The summed E-state index contributed by atoms with van der Waals surface area (Å²) in [5.41, 5.74) is 10.2. The first-order chi connectivity index (χ1) is 11.5. The highest BCUT2D eigenvalue weighted by molar-refractivity contribution is 6.03. The fraction of sp³-hybridized carbons (Fsp3) is 0.474. The minimum Gasteiger partial charge on any atom is -0.402 e. The molecule has 0 bridgehead atoms. The summed E-state index contributed by atoms with van der Waals surface area (Å²) in [7, 11) is 0. The van der Waals surface area contributed by atoms with Crippen LogP contribution in [0.4, 0.5) is 5.95 Å². The van der Waals surface area contributed by atoms with Crippen LogP contribution in [-0.2, 0) is 4.79 Å². The van der Waals surface area contributed by atoms with Gasteiger partial charge >= 0.3 is 0 Å². The summed E-state index contributed by atoms with van der Waals surface area (Å²) in [5.74, 6) is 0.899. The van der Waals surface area contributed by atoms with Crippen LogP contribution in [0, 0.1) is 12.8 Å². The Morgan fingerprint density at radius 1 is 1.33 bits per heavy atom. The van der Waals surface area contributed by atoms with Crippen LogP contribution in [-0.4, -0.2) is 15.9 Å². The van der Waals surface area contributed by atoms with Gasteiger partial charge in [-0.2, -0.15) is 0 Å². The van der Waals surface area contributed by atoms with E-state index in [2.05, 4.69) is 15.3 Å². The smallest absolute Gasteiger partial charge is 0.255 e. The lowest BCUT2D eigenvalue weighted by Crippen LogP contribution is -2.21. The molecule has 1 aliphatic rings. The number of aromatic nitrogens is 2. The monoisotopic (exact) mass is 326 g/mol. The predicted molar refractivity (Wildman–Crippen MR) is 97.5 cm³/mol. The zero-order chi connectivity index (χ0) is 17.1. The highest BCUT2D eigenvalue weighted by atomic mass is 16.1. The first-order valence-electron chi connectivity index (χ1n) is 8.76. The summed E-state index contributed by atoms with van der Waals surface area (Å²) in [4.78, 5) is 20.3. The van der Waals surface area contributed by atoms with Gasteiger partial charge < -0.3 is 10.7 Å². The summed E-state index contributed by atoms with van der Waals surface area (Å²) in [6.45, 7) is 3.83. The van der Waals surface area contributed by atoms with Crippen molar-refractivity contribution in [1.82, 2.24) is 9.97 Å². The van der Waals surface area contributed by atoms with Gasteiger partial charge in [0.2, 0.25) is 5.95 Å². The van der Waals surface area contributed by atoms with Crippen LogP contribution < -0.4 is 11.1 Å². The van der Waals surface area contributed by atoms with Crippen LogP contribution in [0.2, 0.25) is 0 Å². The van der Waals surface area contributed by atoms with Crippen LogP contribution in [0.5, 0.6) is 0 Å². The van der Waals surface area contributed by atoms with Crippen molar-refractivity contribution in [3.05, 3.63) is 35.0 Å². The Bertz CT molecular complexity index is 765. The van der Waals surface area contributed by atoms with E-state index in [1.165, 1.54) is 32.1 Å². The molecule has 0 spiro atoms. The zero-order valence-electron chi connectivity index (χ0n) is 14.5. The molecule has 5 heteroatoms. The van der Waals surface area contributed by atoms with Gasteiger partial charge in [0.25, 0.3) is 5.91 Å². The minimum absolute atomic E-state index is 0.142. The molecule has 1 saturated carbocycles. The van der Waals surface area contributed by atoms with E-state index < -0.39 is 0 Å². The summed E-state index contributed by atoms with van der Waals surface area (Å²) in [5, 5.41) is 2.88. The number of benzene rings is 1. The Morgan fingerprint density at radius 3 is 2.79 bits per heavy atom. The molecule has 24 heavy (non-hydrogen) atoms. The number of anilines is 1. The number of imidazole rings is 1. The van der Waals surface area contributed by atoms with Gasteiger partial charge in [-0.05, 0) is 43.9 Å². The number of allylic oxidation sites excluding steroid dienone is 1. The van der Waals surface area contributed by atoms with Crippen LogP contribution in [0.25, 0.3) is 11.0 Å². The summed E-state index contributed by atoms with van der Waals surface area (Å²) < 4.78 is 0. The van der Waals surface area contributed by atoms with E-state index in [0.717, 1.165) is 23.0 Å². The molecule has 3 rings (SSSR count). The first-order valence-corrected chi connectivity index (χ1v) is 8.76. The molecule has 0 saturated heterocycles. The van der Waals surface area contributed by atoms with Crippen molar-refractivity contribution in [2.75, 3.05) is 5.32 Å². The third-order valence-electron chi connectivity index (χ3n) is 4.84. The van der Waals surface area contributed by atoms with Crippen molar-refractivity contribution < 1.29 is 4.79 Å². The number of nitrogens with zero attached hydrogens (tertiary/aromatic N) is 1. The van der Waals surface area contributed by atoms with E-state index >= 15 is 0 Å². The van der Waals surface area contributed by atoms with E-state index in [1.807, 2.05) is 25.1 Å². The third kappa shape index (κ3) is 3.78. The highest BCUT2D eigenvalue weighted by Gasteiger charge is 2.21. The topological polar surface area (TPSA) is 83.8 Å². The van der Waals surface area contributed by atoms with E-state index in [0.29, 0.717) is 23.1 Å². The highest BCUT2D eigenvalue weighted by Crippen LogP contribution is 2.30. The average molecular weight is 326 g/mol. The Hall–Kier alpha value is -2.30. The Morgan fingerprint density at radius 2 is 2.08 bits per heavy atom. The van der Waals surface area contributed by atoms with E-state index in [9.17, 15) is 4.79 Å². The summed E-state index contributed by atoms with van der Waals surface area (Å²) in [6.07, 6.45) is 6.95. The molecule has 0 unspecified atom stereocenters. The van der Waals surface area contributed by atoms with Gasteiger partial charge in [0, 0.05) is 11.3 Å². The predicted octanol–water partition coefficient (Wildman–Crippen LogP) is 4.01. The number of H-pyrrole nitrogens is 1. The van der Waals surface area contributed by atoms with Crippen LogP contribution >= 0.6 is 0 Å². The molecule has 2 aromatic rings. The maximum absolute atomic E-state index is 12.7. The Balaban J connectivity index is 1.73. The minimum atomic E-state index is -0.142. The largest absolute Gasteiger partial charge is 0.402 e. The van der Waals surface area contributed by atoms with Crippen molar-refractivity contribution in [2.24, 2.45) is 11.7 Å². The van der Waals surface area contributed by atoms with E-state index in [-0.39, 0.29) is 5.91 Å². The molecule has 1 aliphatic carbocycles. The number of nitrogens with one attached hydrogen (secondary N) is 2. The molecule has 1 aromatic carbocycles. The molecule has 0 aliphatic heterocycles. The molecule has 1 fully saturated rings. The molecular weight excluding hydrogens is 300 g/mol. The second-order valence-corrected chi connectivity index (χ2v) is 6.93. The second-order valence-electron chi connectivity index (χ2n) is 6.93. The number of hydrogen-bond acceptors (Lipinski definition) is 3. The summed E-state index contributed by atoms with van der Waals surface area (Å²) in [6, 6.07) is 5.97. The fourth-order valence-corrected chi connectivity index (χ4v) is 3.48. The van der Waals surface area contributed by atoms with Gasteiger partial charge in [-0.15, -0.1) is 0 Å². The lowest BCUT2D eigenvalue weighted by molar-refractivity contribution is -0.113. The standard InChI is InChI=1S/C19H26N4O/c1-12-8-9-16-17(10-12)22-19(21-16)23-18(24)15(13(2)20)11-14-6-4-3-5-7-14/h8-10,14H,3-7,11,20H2,1-2H3,(H2,21,22,23,24)/b15-13-. The molecule has 0 atom stereocenters. The number of aryl methyl sites for hydroxylation is 1. The zero-order valence-corrected chi connectivity index (χ0v) is 14.5. The van der Waals surface area contributed by atoms with Crippen molar-refractivity contribution in [2.45, 2.75) is 52.4 Å². The molecule has 1 amide bonds. The van der Waals surface area contributed by atoms with E-state index in [1.54, 1.807) is 6.92 Å². The fourth-order valence-electron chi connectivity index (χ4n) is 3.48. The molecule has 1 aromatic heterocycles. The van der Waals surface area contributed by atoms with Gasteiger partial charge in [0.1, 0.15) is 0 Å². The Kier molecular flexibility index (Phi) is 4.88. The van der Waals surface area contributed by atoms with Crippen LogP contribution in [0.1, 0.15) is 51.0 Å². The molecule has 128 valence electrons. The lowest BCUT2D eigenvalue weighted by atomic mass is 9.84. The van der Waals surface area contributed by atoms with Crippen LogP contribution in [0.3, 0.4) is 0 Å². The number of carbonyl (C=O) groups is 1. The van der Waals surface area contributed by atoms with Crippen molar-refractivity contribution in [3.8, 4) is 0 Å². The van der Waals surface area contributed by atoms with Gasteiger partial charge in [-0.25, -0.2) is 4.98 Å². The molecule has 5 nitrogen and oxygen atoms in total. The third-order valence-corrected chi connectivity index (χ3v) is 4.84. The maximum atomic E-state index is 12.7. The van der Waals surface area contributed by atoms with Crippen molar-refractivity contribution in [1.29, 1.82) is 0 Å². The van der Waals surface area contributed by atoms with Gasteiger partial charge in [0.05, 0.1) is 11.0 Å². The first kappa shape index (κ1) is 16.6. The quantitative estimate of drug-likeness (QED) is 0.742. The number of amides is 1. The maximum Gasteiger partial charge on any atom is 0.255 e. The van der Waals surface area contributed by atoms with E-state index in [4.69, 9.17) is 5.73 Å². The number of nitrogens with two attached hydrogens (primary N) is 1. The second kappa shape index (κ2) is 7.07. The lowest BCUT2D eigenvalue weighted by Gasteiger charge is -2.22. The number of carbonyl (C=O) groups excluding carboxylic acids is 1. The summed E-state index contributed by atoms with van der Waals surface area (Å²) >= 11 is 0. The SMILES string of the molecule is C/C(N)=C(\CC1CCCCC1)C(=O)Nc1nc2ccc(C)cc2[nH]1. The molecule has 4 N–H and O–H groups in total. The number of hydrogen-bond donors (Lipinski definition) is 3. The average Bonchev–Trinajstić information content (AvgIpc) is 2.94. The van der Waals surface area contributed by atoms with Crippen LogP contribution in [0.15, 0.2) is 29.5 Å².